The number of carbonyl (C=O) groups excluding carboxylic acids is 1. The number of hydrogen-bond donors (Lipinski definition) is 9. The van der Waals surface area contributed by atoms with Crippen LogP contribution in [-0.2, 0) is 38.0 Å². The van der Waals surface area contributed by atoms with Crippen molar-refractivity contribution >= 4 is 5.97 Å². The van der Waals surface area contributed by atoms with Gasteiger partial charge in [0.15, 0.2) is 25.0 Å². The first-order chi connectivity index (χ1) is 18.0. The zero-order valence-electron chi connectivity index (χ0n) is 20.6. The molecular weight excluding hydrogens is 524 g/mol. The van der Waals surface area contributed by atoms with Crippen molar-refractivity contribution < 1.29 is 83.9 Å². The van der Waals surface area contributed by atoms with Crippen molar-refractivity contribution in [2.24, 2.45) is 0 Å². The third-order valence-electron chi connectivity index (χ3n) is 6.58. The molecule has 38 heavy (non-hydrogen) atoms. The Hall–Kier alpha value is -1.13. The van der Waals surface area contributed by atoms with Crippen molar-refractivity contribution in [1.82, 2.24) is 0 Å². The number of esters is 1. The number of hydrogen-bond acceptors (Lipinski definition) is 17. The van der Waals surface area contributed by atoms with E-state index in [1.807, 2.05) is 0 Å². The van der Waals surface area contributed by atoms with Crippen LogP contribution < -0.4 is 0 Å². The highest BCUT2D eigenvalue weighted by molar-refractivity contribution is 5.66. The fourth-order valence-corrected chi connectivity index (χ4v) is 4.54. The van der Waals surface area contributed by atoms with Crippen LogP contribution in [0.5, 0.6) is 0 Å². The SMILES string of the molecule is CO[C@H]1OC(CO)[C@@H](O[C@H]2OC(CO)[C@@H](O[C@H]3OC(CO)[C@@H](O)[C@@H](O)C3O)[C@@H](O)C2OC(C)=O)[C@@H](O)C1O. The molecule has 17 nitrogen and oxygen atoms in total. The van der Waals surface area contributed by atoms with E-state index < -0.39 is 118 Å². The summed E-state index contributed by atoms with van der Waals surface area (Å²) < 4.78 is 37.6. The van der Waals surface area contributed by atoms with Crippen molar-refractivity contribution in [2.75, 3.05) is 26.9 Å². The van der Waals surface area contributed by atoms with E-state index in [-0.39, 0.29) is 0 Å². The Morgan fingerprint density at radius 3 is 1.61 bits per heavy atom. The first-order valence-electron chi connectivity index (χ1n) is 11.9. The Bertz CT molecular complexity index is 753. The average Bonchev–Trinajstić information content (AvgIpc) is 2.90. The third-order valence-corrected chi connectivity index (χ3v) is 6.58. The standard InChI is InChI=1S/C21H36O17/c1-6(25)33-18-15(31)17(37-20-13(29)11(27)10(26)7(3-22)34-20)9(5-24)36-21(18)38-16-8(4-23)35-19(32-2)14(30)12(16)28/h7-24,26-31H,3-5H2,1-2H3/t7?,8?,9?,10-,11-,12+,13?,14?,15-,16-,17-,18?,19+,20-,21-/m1/s1. The second-order valence-electron chi connectivity index (χ2n) is 9.13. The fraction of sp³-hybridized carbons (Fsp3) is 0.952. The lowest BCUT2D eigenvalue weighted by Gasteiger charge is -2.48. The number of rotatable bonds is 9. The number of aliphatic hydroxyl groups is 9. The Morgan fingerprint density at radius 2 is 1.08 bits per heavy atom. The highest BCUT2D eigenvalue weighted by Crippen LogP contribution is 2.33. The molecule has 0 aromatic carbocycles. The molecule has 3 rings (SSSR count). The van der Waals surface area contributed by atoms with Gasteiger partial charge in [0.05, 0.1) is 19.8 Å². The van der Waals surface area contributed by atoms with Crippen LogP contribution in [0.1, 0.15) is 6.92 Å². The number of aliphatic hydroxyl groups excluding tert-OH is 9. The molecule has 3 aliphatic heterocycles. The van der Waals surface area contributed by atoms with Crippen LogP contribution in [0, 0.1) is 0 Å². The summed E-state index contributed by atoms with van der Waals surface area (Å²) in [5.41, 5.74) is 0. The molecule has 0 radical (unpaired) electrons. The number of carbonyl (C=O) groups is 1. The number of ether oxygens (including phenoxy) is 7. The lowest BCUT2D eigenvalue weighted by atomic mass is 9.96. The van der Waals surface area contributed by atoms with Crippen LogP contribution >= 0.6 is 0 Å². The van der Waals surface area contributed by atoms with E-state index in [9.17, 15) is 50.8 Å². The Labute approximate surface area is 216 Å². The van der Waals surface area contributed by atoms with Gasteiger partial charge in [0.1, 0.15) is 67.1 Å². The van der Waals surface area contributed by atoms with E-state index in [0.29, 0.717) is 0 Å². The molecular formula is C21H36O17. The van der Waals surface area contributed by atoms with Crippen molar-refractivity contribution in [1.29, 1.82) is 0 Å². The summed E-state index contributed by atoms with van der Waals surface area (Å²) in [6, 6.07) is 0. The Morgan fingerprint density at radius 1 is 0.605 bits per heavy atom. The van der Waals surface area contributed by atoms with Gasteiger partial charge >= 0.3 is 5.97 Å². The normalized spacial score (nSPS) is 48.0. The molecule has 3 fully saturated rings. The molecule has 0 aromatic heterocycles. The van der Waals surface area contributed by atoms with Gasteiger partial charge in [0.2, 0.25) is 0 Å². The Balaban J connectivity index is 1.83. The second-order valence-corrected chi connectivity index (χ2v) is 9.13. The highest BCUT2D eigenvalue weighted by atomic mass is 16.8. The van der Waals surface area contributed by atoms with Gasteiger partial charge in [-0.1, -0.05) is 0 Å². The molecule has 0 amide bonds. The highest BCUT2D eigenvalue weighted by Gasteiger charge is 2.54. The minimum Gasteiger partial charge on any atom is -0.454 e. The summed E-state index contributed by atoms with van der Waals surface area (Å²) in [6.45, 7) is -1.27. The number of methoxy groups -OCH3 is 1. The molecule has 0 bridgehead atoms. The first kappa shape index (κ1) is 31.4. The molecule has 222 valence electrons. The maximum absolute atomic E-state index is 11.8. The smallest absolute Gasteiger partial charge is 0.303 e. The third kappa shape index (κ3) is 6.43. The van der Waals surface area contributed by atoms with Crippen molar-refractivity contribution in [3.63, 3.8) is 0 Å². The molecule has 0 aliphatic carbocycles. The minimum absolute atomic E-state index is 0.700. The molecule has 15 atom stereocenters. The molecule has 3 heterocycles. The monoisotopic (exact) mass is 560 g/mol. The van der Waals surface area contributed by atoms with Crippen LogP contribution in [0.25, 0.3) is 0 Å². The molecule has 3 aliphatic rings. The molecule has 17 heteroatoms. The first-order valence-corrected chi connectivity index (χ1v) is 11.9. The zero-order valence-corrected chi connectivity index (χ0v) is 20.6. The largest absolute Gasteiger partial charge is 0.454 e. The predicted molar refractivity (Wildman–Crippen MR) is 116 cm³/mol. The maximum Gasteiger partial charge on any atom is 0.303 e. The van der Waals surface area contributed by atoms with Crippen LogP contribution in [0.2, 0.25) is 0 Å². The van der Waals surface area contributed by atoms with Gasteiger partial charge < -0.3 is 79.1 Å². The van der Waals surface area contributed by atoms with Crippen molar-refractivity contribution in [2.45, 2.75) is 99.0 Å². The molecule has 0 spiro atoms. The van der Waals surface area contributed by atoms with Gasteiger partial charge in [0.25, 0.3) is 0 Å². The van der Waals surface area contributed by atoms with E-state index in [4.69, 9.17) is 33.2 Å². The van der Waals surface area contributed by atoms with Crippen LogP contribution in [-0.4, -0.2) is 171 Å². The van der Waals surface area contributed by atoms with Crippen LogP contribution in [0.3, 0.4) is 0 Å². The van der Waals surface area contributed by atoms with Gasteiger partial charge in [-0.15, -0.1) is 0 Å². The quantitative estimate of drug-likeness (QED) is 0.119. The molecule has 9 N–H and O–H groups in total. The van der Waals surface area contributed by atoms with Crippen molar-refractivity contribution in [3.8, 4) is 0 Å². The zero-order chi connectivity index (χ0) is 28.3. The van der Waals surface area contributed by atoms with Crippen LogP contribution in [0.15, 0.2) is 0 Å². The summed E-state index contributed by atoms with van der Waals surface area (Å²) >= 11 is 0. The Kier molecular flexibility index (Phi) is 11.1. The molecule has 0 saturated carbocycles. The molecule has 3 saturated heterocycles. The fourth-order valence-electron chi connectivity index (χ4n) is 4.54. The summed E-state index contributed by atoms with van der Waals surface area (Å²) in [5, 5.41) is 91.2. The van der Waals surface area contributed by atoms with Gasteiger partial charge in [-0.05, 0) is 0 Å². The van der Waals surface area contributed by atoms with Gasteiger partial charge in [0, 0.05) is 14.0 Å². The van der Waals surface area contributed by atoms with E-state index in [2.05, 4.69) is 0 Å². The summed E-state index contributed by atoms with van der Waals surface area (Å²) in [5.74, 6) is -0.904. The summed E-state index contributed by atoms with van der Waals surface area (Å²) in [6.07, 6.45) is -24.0. The average molecular weight is 561 g/mol. The van der Waals surface area contributed by atoms with E-state index >= 15 is 0 Å². The van der Waals surface area contributed by atoms with Gasteiger partial charge in [-0.2, -0.15) is 0 Å². The maximum atomic E-state index is 11.8. The topological polar surface area (TPSA) is 264 Å². The van der Waals surface area contributed by atoms with Crippen molar-refractivity contribution in [3.05, 3.63) is 0 Å². The van der Waals surface area contributed by atoms with E-state index in [0.717, 1.165) is 6.92 Å². The van der Waals surface area contributed by atoms with E-state index in [1.54, 1.807) is 0 Å². The minimum atomic E-state index is -1.85. The molecule has 6 unspecified atom stereocenters. The van der Waals surface area contributed by atoms with Gasteiger partial charge in [-0.3, -0.25) is 4.79 Å². The second kappa shape index (κ2) is 13.5. The summed E-state index contributed by atoms with van der Waals surface area (Å²) in [7, 11) is 1.20. The van der Waals surface area contributed by atoms with Gasteiger partial charge in [-0.25, -0.2) is 0 Å². The predicted octanol–water partition coefficient (Wildman–Crippen LogP) is -6.35. The van der Waals surface area contributed by atoms with Crippen LogP contribution in [0.4, 0.5) is 0 Å². The summed E-state index contributed by atoms with van der Waals surface area (Å²) in [4.78, 5) is 11.8. The lowest BCUT2D eigenvalue weighted by Crippen LogP contribution is -2.67. The van der Waals surface area contributed by atoms with E-state index in [1.165, 1.54) is 7.11 Å². The molecule has 0 aromatic rings. The lowest BCUT2D eigenvalue weighted by molar-refractivity contribution is -0.378.